The Hall–Kier alpha value is -0.620. The van der Waals surface area contributed by atoms with E-state index in [9.17, 15) is 14.9 Å². The number of halogens is 1. The van der Waals surface area contributed by atoms with Gasteiger partial charge >= 0.3 is 35.5 Å². The molecule has 0 radical (unpaired) electrons. The maximum Gasteiger partial charge on any atom is 1.00 e. The molecule has 0 aromatic heterocycles. The van der Waals surface area contributed by atoms with Gasteiger partial charge in [-0.3, -0.25) is 10.1 Å². The summed E-state index contributed by atoms with van der Waals surface area (Å²) in [5.41, 5.74) is -0.558. The molecule has 0 atom stereocenters. The van der Waals surface area contributed by atoms with E-state index in [1.54, 1.807) is 0 Å². The molecule has 1 aromatic carbocycles. The Morgan fingerprint density at radius 1 is 1.50 bits per heavy atom. The smallest absolute Gasteiger partial charge is 0.478 e. The van der Waals surface area contributed by atoms with Gasteiger partial charge in [0, 0.05) is 12.1 Å². The van der Waals surface area contributed by atoms with Gasteiger partial charge in [-0.25, -0.2) is 4.79 Å². The van der Waals surface area contributed by atoms with Crippen LogP contribution in [-0.4, -0.2) is 16.0 Å². The zero-order valence-electron chi connectivity index (χ0n) is 7.23. The Morgan fingerprint density at radius 3 is 2.50 bits per heavy atom. The molecule has 0 fully saturated rings. The van der Waals surface area contributed by atoms with Gasteiger partial charge in [0.1, 0.15) is 0 Å². The van der Waals surface area contributed by atoms with Gasteiger partial charge in [0.2, 0.25) is 0 Å². The van der Waals surface area contributed by atoms with E-state index < -0.39 is 10.9 Å². The van der Waals surface area contributed by atoms with Crippen molar-refractivity contribution in [3.63, 3.8) is 0 Å². The van der Waals surface area contributed by atoms with Crippen molar-refractivity contribution in [2.45, 2.75) is 0 Å². The Bertz CT molecular complexity index is 382. The molecule has 1 N–H and O–H groups in total. The number of nitro groups is 1. The van der Waals surface area contributed by atoms with Gasteiger partial charge in [-0.1, -0.05) is 11.6 Å². The number of hydrogen-bond acceptors (Lipinski definition) is 3. The quantitative estimate of drug-likeness (QED) is 0.395. The van der Waals surface area contributed by atoms with Crippen molar-refractivity contribution in [1.82, 2.24) is 0 Å². The molecule has 0 amide bonds. The summed E-state index contributed by atoms with van der Waals surface area (Å²) in [5, 5.41) is 18.8. The Balaban J connectivity index is 0.00000169. The number of non-ortho nitro benzene ring substituents is 1. The van der Waals surface area contributed by atoms with Crippen LogP contribution in [0.3, 0.4) is 0 Å². The zero-order valence-corrected chi connectivity index (χ0v) is 9.99. The van der Waals surface area contributed by atoms with Gasteiger partial charge in [0.25, 0.3) is 5.69 Å². The van der Waals surface area contributed by atoms with Crippen molar-refractivity contribution in [3.05, 3.63) is 38.9 Å². The normalized spacial score (nSPS) is 8.93. The van der Waals surface area contributed by atoms with E-state index in [1.807, 2.05) is 0 Å². The molecule has 68 valence electrons. The van der Waals surface area contributed by atoms with Gasteiger partial charge in [0.15, 0.2) is 0 Å². The molecule has 0 aliphatic rings. The predicted molar refractivity (Wildman–Crippen MR) is 45.1 cm³/mol. The minimum absolute atomic E-state index is 0. The summed E-state index contributed by atoms with van der Waals surface area (Å²) < 4.78 is 0. The number of carbonyl (C=O) groups is 1. The van der Waals surface area contributed by atoms with Gasteiger partial charge in [-0.15, -0.1) is 0 Å². The molecule has 0 saturated carbocycles. The first kappa shape index (κ1) is 13.4. The molecule has 0 heterocycles. The fourth-order valence-electron chi connectivity index (χ4n) is 0.791. The van der Waals surface area contributed by atoms with Crippen LogP contribution in [0, 0.1) is 10.1 Å². The summed E-state index contributed by atoms with van der Waals surface area (Å²) in [6, 6.07) is 3.25. The first-order chi connectivity index (χ1) is 6.02. The third-order valence-electron chi connectivity index (χ3n) is 1.39. The summed E-state index contributed by atoms with van der Waals surface area (Å²) in [4.78, 5) is 20.1. The maximum atomic E-state index is 10.5. The summed E-state index contributed by atoms with van der Waals surface area (Å²) >= 11 is 5.49. The van der Waals surface area contributed by atoms with Crippen molar-refractivity contribution >= 4 is 23.3 Å². The van der Waals surface area contributed by atoms with Crippen LogP contribution in [-0.2, 0) is 0 Å². The van der Waals surface area contributed by atoms with E-state index in [2.05, 4.69) is 0 Å². The van der Waals surface area contributed by atoms with Crippen molar-refractivity contribution in [2.24, 2.45) is 0 Å². The number of carboxylic acids is 1. The van der Waals surface area contributed by atoms with Gasteiger partial charge in [0.05, 0.1) is 15.5 Å². The summed E-state index contributed by atoms with van der Waals surface area (Å²) in [6.45, 7) is 0. The van der Waals surface area contributed by atoms with E-state index in [0.717, 1.165) is 12.1 Å². The van der Waals surface area contributed by atoms with Crippen LogP contribution in [0.4, 0.5) is 5.69 Å². The number of rotatable bonds is 2. The second kappa shape index (κ2) is 5.31. The molecule has 7 heteroatoms. The van der Waals surface area contributed by atoms with Crippen LogP contribution < -0.4 is 29.6 Å². The maximum absolute atomic E-state index is 10.5. The van der Waals surface area contributed by atoms with Crippen LogP contribution in [0.1, 0.15) is 10.4 Å². The van der Waals surface area contributed by atoms with E-state index in [1.165, 1.54) is 6.07 Å². The largest absolute Gasteiger partial charge is 1.00 e. The first-order valence-electron chi connectivity index (χ1n) is 3.19. The van der Waals surface area contributed by atoms with Gasteiger partial charge < -0.3 is 5.11 Å². The molecule has 0 saturated heterocycles. The molecule has 1 rings (SSSR count). The van der Waals surface area contributed by atoms with E-state index in [-0.39, 0.29) is 45.8 Å². The second-order valence-corrected chi connectivity index (χ2v) is 2.63. The monoisotopic (exact) mass is 224 g/mol. The topological polar surface area (TPSA) is 80.4 Å². The number of hydrogen-bond donors (Lipinski definition) is 1. The van der Waals surface area contributed by atoms with Crippen LogP contribution in [0.25, 0.3) is 0 Å². The Labute approximate surface area is 106 Å². The third-order valence-corrected chi connectivity index (χ3v) is 1.72. The Kier molecular flexibility index (Phi) is 5.07. The molecule has 0 aliphatic carbocycles. The second-order valence-electron chi connectivity index (χ2n) is 2.23. The number of benzene rings is 1. The number of nitrogens with zero attached hydrogens (tertiary/aromatic N) is 1. The SMILES string of the molecule is O=C(O)c1cc([N+](=O)[O-])ccc1Cl.[Na+]. The van der Waals surface area contributed by atoms with E-state index >= 15 is 0 Å². The summed E-state index contributed by atoms with van der Waals surface area (Å²) in [5.74, 6) is -1.28. The Morgan fingerprint density at radius 2 is 2.07 bits per heavy atom. The minimum atomic E-state index is -1.28. The standard InChI is InChI=1S/C7H4ClNO4.Na/c8-6-2-1-4(9(12)13)3-5(6)7(10)11;/h1-3H,(H,10,11);/q;+1. The van der Waals surface area contributed by atoms with Crippen molar-refractivity contribution in [2.75, 3.05) is 0 Å². The van der Waals surface area contributed by atoms with Crippen LogP contribution in [0.2, 0.25) is 5.02 Å². The minimum Gasteiger partial charge on any atom is -0.478 e. The average molecular weight is 225 g/mol. The summed E-state index contributed by atoms with van der Waals surface area (Å²) in [7, 11) is 0. The van der Waals surface area contributed by atoms with E-state index in [0.29, 0.717) is 0 Å². The van der Waals surface area contributed by atoms with Crippen molar-refractivity contribution in [3.8, 4) is 0 Å². The number of aromatic carboxylic acids is 1. The molecule has 0 spiro atoms. The van der Waals surface area contributed by atoms with Gasteiger partial charge in [-0.05, 0) is 6.07 Å². The molecule has 5 nitrogen and oxygen atoms in total. The summed E-state index contributed by atoms with van der Waals surface area (Å²) in [6.07, 6.45) is 0. The molecule has 1 aromatic rings. The number of carboxylic acid groups (broad SMARTS) is 1. The third kappa shape index (κ3) is 2.95. The molecule has 14 heavy (non-hydrogen) atoms. The zero-order chi connectivity index (χ0) is 10.0. The van der Waals surface area contributed by atoms with Crippen LogP contribution >= 0.6 is 11.6 Å². The molecule has 0 unspecified atom stereocenters. The van der Waals surface area contributed by atoms with Crippen molar-refractivity contribution in [1.29, 1.82) is 0 Å². The van der Waals surface area contributed by atoms with Crippen LogP contribution in [0.5, 0.6) is 0 Å². The van der Waals surface area contributed by atoms with E-state index in [4.69, 9.17) is 16.7 Å². The van der Waals surface area contributed by atoms with Crippen LogP contribution in [0.15, 0.2) is 18.2 Å². The average Bonchev–Trinajstić information content (AvgIpc) is 2.04. The van der Waals surface area contributed by atoms with Crippen molar-refractivity contribution < 1.29 is 44.4 Å². The molecular weight excluding hydrogens is 221 g/mol. The molecular formula is C7H4ClNNaO4+. The van der Waals surface area contributed by atoms with Gasteiger partial charge in [-0.2, -0.15) is 0 Å². The first-order valence-corrected chi connectivity index (χ1v) is 3.57. The molecule has 0 aliphatic heterocycles. The molecule has 0 bridgehead atoms. The fourth-order valence-corrected chi connectivity index (χ4v) is 0.989. The fraction of sp³-hybridized carbons (Fsp3) is 0. The number of nitro benzene ring substituents is 1. The predicted octanol–water partition coefficient (Wildman–Crippen LogP) is -1.05.